The molecule has 2 atom stereocenters. The summed E-state index contributed by atoms with van der Waals surface area (Å²) in [6.07, 6.45) is 14.8. The minimum atomic E-state index is -3.55. The van der Waals surface area contributed by atoms with Crippen LogP contribution >= 0.6 is 22.7 Å². The van der Waals surface area contributed by atoms with E-state index in [0.717, 1.165) is 101 Å². The lowest BCUT2D eigenvalue weighted by atomic mass is 9.86. The number of nitrogens with one attached hydrogen (secondary N) is 6. The molecule has 22 heteroatoms. The van der Waals surface area contributed by atoms with Crippen molar-refractivity contribution >= 4 is 77.3 Å². The Kier molecular flexibility index (Phi) is 16.0. The summed E-state index contributed by atoms with van der Waals surface area (Å²) in [5.41, 5.74) is 4.16. The zero-order valence-electron chi connectivity index (χ0n) is 43.1. The van der Waals surface area contributed by atoms with Gasteiger partial charge in [-0.15, -0.1) is 22.7 Å². The molecule has 0 saturated heterocycles. The van der Waals surface area contributed by atoms with Gasteiger partial charge in [0.15, 0.2) is 15.7 Å². The first-order chi connectivity index (χ1) is 36.6. The van der Waals surface area contributed by atoms with Crippen LogP contribution in [0.4, 0.5) is 32.5 Å². The van der Waals surface area contributed by atoms with Gasteiger partial charge in [-0.25, -0.2) is 36.5 Å². The number of anilines is 4. The van der Waals surface area contributed by atoms with Gasteiger partial charge in [0, 0.05) is 95.1 Å². The number of benzene rings is 2. The third-order valence-corrected chi connectivity index (χ3v) is 22.2. The van der Waals surface area contributed by atoms with Crippen molar-refractivity contribution in [2.24, 2.45) is 4.36 Å². The predicted octanol–water partition coefficient (Wildman–Crippen LogP) is 11.3. The number of thiazole rings is 2. The molecule has 4 heterocycles. The van der Waals surface area contributed by atoms with E-state index in [9.17, 15) is 27.0 Å². The van der Waals surface area contributed by atoms with E-state index in [-0.39, 0.29) is 63.2 Å². The topological polar surface area (TPSA) is 252 Å². The van der Waals surface area contributed by atoms with Gasteiger partial charge in [0.2, 0.25) is 5.56 Å². The molecule has 2 amide bonds. The number of rotatable bonds is 19. The summed E-state index contributed by atoms with van der Waals surface area (Å²) >= 11 is 3.16. The van der Waals surface area contributed by atoms with Crippen LogP contribution in [0.25, 0.3) is 20.9 Å². The van der Waals surface area contributed by atoms with E-state index in [0.29, 0.717) is 53.3 Å². The Bertz CT molecular complexity index is 3330. The Morgan fingerprint density at radius 2 is 1.25 bits per heavy atom. The Labute approximate surface area is 451 Å². The molecule has 2 unspecified atom stereocenters. The van der Waals surface area contributed by atoms with E-state index < -0.39 is 25.7 Å². The van der Waals surface area contributed by atoms with Gasteiger partial charge in [0.05, 0.1) is 56.3 Å². The van der Waals surface area contributed by atoms with Crippen molar-refractivity contribution in [2.45, 2.75) is 167 Å². The van der Waals surface area contributed by atoms with Crippen LogP contribution in [0.1, 0.15) is 132 Å². The summed E-state index contributed by atoms with van der Waals surface area (Å²) in [4.78, 5) is 51.8. The standard InChI is InChI=1S/C54H66N10O8S4/c1-31(2)71-53(66)61-35-11-6-33(7-12-35)51-57-29-45(73-51)43-22-16-38(25-47(43)75(68,55-4)41-18-19-41)60-49-27-39(63-64-49)10-5-32(3)72-54(67)62-36-13-8-34(9-14-36)52-58-30-46(74-52)44-23-15-37(59-40-17-24-50(65)56-28-40)26-48(44)76(69,70)42-20-21-42/h15-17,22-36,41-42,59H,5-14,18-21H2,1-4H3,(H,56,65)(H,61,66)(H,62,67)(H2,60,63,64). The number of hydrogen-bond acceptors (Lipinski definition) is 16. The monoisotopic (exact) mass is 1110 g/mol. The quantitative estimate of drug-likeness (QED) is 0.0442. The van der Waals surface area contributed by atoms with Crippen LogP contribution in [0.15, 0.2) is 92.1 Å². The molecule has 10 rings (SSSR count). The highest BCUT2D eigenvalue weighted by atomic mass is 32.2. The number of pyridine rings is 1. The number of aryl methyl sites for hydroxylation is 1. The molecule has 404 valence electrons. The number of H-pyrrole nitrogens is 2. The van der Waals surface area contributed by atoms with Crippen LogP contribution in [-0.2, 0) is 35.5 Å². The highest BCUT2D eigenvalue weighted by Crippen LogP contribution is 2.46. The van der Waals surface area contributed by atoms with Gasteiger partial charge >= 0.3 is 12.2 Å². The Morgan fingerprint density at radius 1 is 0.697 bits per heavy atom. The molecule has 76 heavy (non-hydrogen) atoms. The van der Waals surface area contributed by atoms with E-state index in [1.54, 1.807) is 42.9 Å². The van der Waals surface area contributed by atoms with Crippen LogP contribution in [-0.4, -0.2) is 91.8 Å². The molecule has 0 bridgehead atoms. The highest BCUT2D eigenvalue weighted by molar-refractivity contribution is 7.94. The van der Waals surface area contributed by atoms with Crippen molar-refractivity contribution in [3.63, 3.8) is 0 Å². The fourth-order valence-corrected chi connectivity index (χ4v) is 16.9. The van der Waals surface area contributed by atoms with Gasteiger partial charge in [0.25, 0.3) is 0 Å². The second-order valence-corrected chi connectivity index (χ2v) is 27.7. The van der Waals surface area contributed by atoms with Crippen molar-refractivity contribution in [2.75, 3.05) is 17.7 Å². The third-order valence-electron chi connectivity index (χ3n) is 14.6. The molecular formula is C54H66N10O8S4. The average molecular weight is 1110 g/mol. The SMILES string of the molecule is CN=S(=O)(c1cc(Nc2cc(CCC(C)OC(=O)NC3CCC(c4ncc(-c5ccc(Nc6ccc(=O)[nH]c6)cc5S(=O)(=O)C5CC5)s4)CC3)[nH]n2)ccc1-c1cnc(C2CCC(NC(=O)OC(C)C)CC2)s1)C1CC1. The summed E-state index contributed by atoms with van der Waals surface area (Å²) in [6, 6.07) is 16.3. The fraction of sp³-hybridized carbons (Fsp3) is 0.481. The van der Waals surface area contributed by atoms with Crippen LogP contribution in [0.2, 0.25) is 0 Å². The second kappa shape index (κ2) is 22.9. The predicted molar refractivity (Wildman–Crippen MR) is 297 cm³/mol. The summed E-state index contributed by atoms with van der Waals surface area (Å²) in [6.45, 7) is 5.56. The Balaban J connectivity index is 0.699. The summed E-state index contributed by atoms with van der Waals surface area (Å²) < 4.78 is 57.6. The number of hydrogen-bond donors (Lipinski definition) is 6. The van der Waals surface area contributed by atoms with E-state index in [1.807, 2.05) is 63.4 Å². The zero-order chi connectivity index (χ0) is 53.1. The molecule has 4 fully saturated rings. The second-order valence-electron chi connectivity index (χ2n) is 20.8. The maximum Gasteiger partial charge on any atom is 0.407 e. The zero-order valence-corrected chi connectivity index (χ0v) is 46.4. The van der Waals surface area contributed by atoms with E-state index in [1.165, 1.54) is 17.4 Å². The smallest absolute Gasteiger partial charge is 0.407 e. The number of carbonyl (C=O) groups excluding carboxylic acids is 2. The number of nitrogens with zero attached hydrogens (tertiary/aromatic N) is 4. The molecule has 0 aliphatic heterocycles. The maximum atomic E-state index is 14.6. The lowest BCUT2D eigenvalue weighted by Gasteiger charge is -2.28. The molecule has 6 aromatic rings. The number of amides is 2. The molecule has 6 N–H and O–H groups in total. The Morgan fingerprint density at radius 3 is 1.80 bits per heavy atom. The van der Waals surface area contributed by atoms with Gasteiger partial charge < -0.3 is 35.7 Å². The van der Waals surface area contributed by atoms with Crippen molar-refractivity contribution < 1.29 is 31.7 Å². The summed E-state index contributed by atoms with van der Waals surface area (Å²) in [7, 11) is -4.61. The van der Waals surface area contributed by atoms with Crippen LogP contribution in [0.5, 0.6) is 0 Å². The van der Waals surface area contributed by atoms with Crippen molar-refractivity contribution in [3.05, 3.63) is 99.3 Å². The molecule has 4 aliphatic rings. The molecular weight excluding hydrogens is 1040 g/mol. The Hall–Kier alpha value is -6.10. The van der Waals surface area contributed by atoms with Gasteiger partial charge in [-0.1, -0.05) is 12.1 Å². The molecule has 4 saturated carbocycles. The van der Waals surface area contributed by atoms with E-state index in [4.69, 9.17) is 19.4 Å². The maximum absolute atomic E-state index is 14.6. The first-order valence-electron chi connectivity index (χ1n) is 26.4. The van der Waals surface area contributed by atoms with Crippen LogP contribution in [0.3, 0.4) is 0 Å². The highest BCUT2D eigenvalue weighted by Gasteiger charge is 2.40. The molecule has 0 spiro atoms. The van der Waals surface area contributed by atoms with Crippen molar-refractivity contribution in [1.82, 2.24) is 35.8 Å². The number of carbonyl (C=O) groups is 2. The lowest BCUT2D eigenvalue weighted by Crippen LogP contribution is -2.39. The third kappa shape index (κ3) is 12.7. The van der Waals surface area contributed by atoms with E-state index >= 15 is 0 Å². The molecule has 18 nitrogen and oxygen atoms in total. The van der Waals surface area contributed by atoms with Crippen LogP contribution in [0, 0.1) is 0 Å². The first kappa shape index (κ1) is 53.3. The minimum absolute atomic E-state index is 0.00124. The van der Waals surface area contributed by atoms with Gasteiger partial charge in [-0.2, -0.15) is 5.10 Å². The normalized spacial score (nSPS) is 21.0. The molecule has 4 aliphatic carbocycles. The van der Waals surface area contributed by atoms with Gasteiger partial charge in [-0.3, -0.25) is 9.89 Å². The molecule has 2 aromatic carbocycles. The van der Waals surface area contributed by atoms with Gasteiger partial charge in [0.1, 0.15) is 6.10 Å². The molecule has 0 radical (unpaired) electrons. The summed E-state index contributed by atoms with van der Waals surface area (Å²) in [5.74, 6) is 1.08. The molecule has 4 aromatic heterocycles. The number of ether oxygens (including phenoxy) is 2. The van der Waals surface area contributed by atoms with Crippen LogP contribution < -0.4 is 26.8 Å². The number of sulfone groups is 1. The van der Waals surface area contributed by atoms with E-state index in [2.05, 4.69) is 40.8 Å². The fourth-order valence-electron chi connectivity index (χ4n) is 10.2. The number of aromatic nitrogens is 5. The average Bonchev–Trinajstić information content (AvgIpc) is 4.32. The number of alkyl carbamates (subject to hydrolysis) is 2. The summed E-state index contributed by atoms with van der Waals surface area (Å²) in [5, 5.41) is 21.9. The van der Waals surface area contributed by atoms with Gasteiger partial charge in [-0.05, 0) is 141 Å². The minimum Gasteiger partial charge on any atom is -0.447 e. The largest absolute Gasteiger partial charge is 0.447 e. The number of aromatic amines is 2. The lowest BCUT2D eigenvalue weighted by molar-refractivity contribution is 0.0967. The van der Waals surface area contributed by atoms with Crippen molar-refractivity contribution in [1.29, 1.82) is 0 Å². The first-order valence-corrected chi connectivity index (χ1v) is 31.2. The van der Waals surface area contributed by atoms with Crippen molar-refractivity contribution in [3.8, 4) is 20.9 Å².